The van der Waals surface area contributed by atoms with Crippen LogP contribution in [0, 0.1) is 11.3 Å². The van der Waals surface area contributed by atoms with Gasteiger partial charge in [-0.25, -0.2) is 4.99 Å². The van der Waals surface area contributed by atoms with E-state index in [2.05, 4.69) is 10.3 Å². The number of rotatable bonds is 8. The first-order valence-electron chi connectivity index (χ1n) is 8.24. The van der Waals surface area contributed by atoms with E-state index in [0.717, 1.165) is 12.8 Å². The second-order valence-electron chi connectivity index (χ2n) is 6.11. The van der Waals surface area contributed by atoms with Crippen LogP contribution in [0.4, 0.5) is 0 Å². The average molecular weight is 468 g/mol. The minimum Gasteiger partial charge on any atom is -0.846 e. The van der Waals surface area contributed by atoms with Crippen LogP contribution in [0.5, 0.6) is 0 Å². The predicted molar refractivity (Wildman–Crippen MR) is 90.0 cm³/mol. The number of aliphatic carboxylic acids is 2. The maximum atomic E-state index is 11.9. The number of nitrogens with zero attached hydrogens (tertiary/aromatic N) is 1. The molecule has 160 valence electrons. The Morgan fingerprint density at radius 2 is 1.73 bits per heavy atom. The predicted octanol–water partition coefficient (Wildman–Crippen LogP) is -8.33. The number of amidine groups is 1. The van der Waals surface area contributed by atoms with Crippen LogP contribution >= 0.6 is 0 Å². The van der Waals surface area contributed by atoms with Crippen molar-refractivity contribution in [3.8, 4) is 0 Å². The van der Waals surface area contributed by atoms with Crippen molar-refractivity contribution in [2.45, 2.75) is 51.7 Å². The molecule has 2 amide bonds. The molecule has 0 radical (unpaired) electrons. The van der Waals surface area contributed by atoms with Gasteiger partial charge < -0.3 is 25.4 Å². The van der Waals surface area contributed by atoms with Gasteiger partial charge in [-0.15, -0.1) is 0 Å². The second kappa shape index (κ2) is 14.5. The standard InChI is InChI=1S/C11H18N2O3.C4H6O7S.2Na/c1-4-6-7(3)11(5-2)8(14)12-10(16)13-9(11)15;5-3(6)1-2(4(7)8)12(9,10)11;;/h7H,4-6H2,1-3H3,(H2,12,13,14,15,16);2H,1H2,(H,5,6)(H,7,8)(H,9,10,11);;/q;;2*+1/p-2. The van der Waals surface area contributed by atoms with Crippen molar-refractivity contribution in [1.82, 2.24) is 5.32 Å². The van der Waals surface area contributed by atoms with Crippen molar-refractivity contribution in [2.24, 2.45) is 16.3 Å². The number of amides is 2. The van der Waals surface area contributed by atoms with Crippen LogP contribution in [-0.4, -0.2) is 53.1 Å². The Hall–Kier alpha value is -0.540. The summed E-state index contributed by atoms with van der Waals surface area (Å²) >= 11 is 0. The van der Waals surface area contributed by atoms with Gasteiger partial charge in [-0.2, -0.15) is 8.42 Å². The summed E-state index contributed by atoms with van der Waals surface area (Å²) in [5, 5.41) is 28.7. The van der Waals surface area contributed by atoms with E-state index in [1.807, 2.05) is 13.8 Å². The summed E-state index contributed by atoms with van der Waals surface area (Å²) in [6.07, 6.45) is 0.797. The molecule has 30 heavy (non-hydrogen) atoms. The number of aliphatic imine (C=N–C) groups is 1. The van der Waals surface area contributed by atoms with Crippen LogP contribution < -0.4 is 74.6 Å². The fourth-order valence-corrected chi connectivity index (χ4v) is 3.37. The van der Waals surface area contributed by atoms with Gasteiger partial charge in [0.2, 0.25) is 5.91 Å². The number of carboxylic acid groups (broad SMARTS) is 2. The zero-order chi connectivity index (χ0) is 22.3. The third kappa shape index (κ3) is 9.30. The molecular weight excluding hydrogens is 446 g/mol. The van der Waals surface area contributed by atoms with Crippen molar-refractivity contribution in [1.29, 1.82) is 0 Å². The van der Waals surface area contributed by atoms with Crippen molar-refractivity contribution in [3.63, 3.8) is 0 Å². The van der Waals surface area contributed by atoms with Gasteiger partial charge >= 0.3 is 65.1 Å². The van der Waals surface area contributed by atoms with E-state index in [4.69, 9.17) is 9.66 Å². The molecule has 15 heteroatoms. The molecule has 1 heterocycles. The first-order valence-corrected chi connectivity index (χ1v) is 9.74. The van der Waals surface area contributed by atoms with Gasteiger partial charge in [0, 0.05) is 0 Å². The Bertz CT molecular complexity index is 771. The summed E-state index contributed by atoms with van der Waals surface area (Å²) in [4.78, 5) is 46.9. The van der Waals surface area contributed by atoms with Gasteiger partial charge in [0.05, 0.1) is 18.4 Å². The van der Waals surface area contributed by atoms with E-state index in [0.29, 0.717) is 6.42 Å². The SMILES string of the molecule is CCCC(C)C1(CC)C(=O)N=C([O-])NC1=O.O=C(O)CC(C(=O)[O-])S(=O)(=O)O.[Na+].[Na+]. The molecule has 0 saturated carbocycles. The first-order chi connectivity index (χ1) is 12.7. The minimum absolute atomic E-state index is 0. The molecule has 0 aromatic heterocycles. The topological polar surface area (TPSA) is 213 Å². The minimum atomic E-state index is -4.90. The van der Waals surface area contributed by atoms with E-state index < -0.39 is 57.0 Å². The summed E-state index contributed by atoms with van der Waals surface area (Å²) in [6, 6.07) is -0.845. The van der Waals surface area contributed by atoms with E-state index in [-0.39, 0.29) is 65.0 Å². The summed E-state index contributed by atoms with van der Waals surface area (Å²) in [5.41, 5.74) is -1.15. The number of hydrogen-bond acceptors (Lipinski definition) is 8. The Balaban J connectivity index is -0.000000474. The fourth-order valence-electron chi connectivity index (χ4n) is 2.77. The van der Waals surface area contributed by atoms with Gasteiger partial charge in [-0.3, -0.25) is 18.9 Å². The molecule has 0 fully saturated rings. The molecule has 0 spiro atoms. The molecular formula is C15H22N2Na2O10S. The van der Waals surface area contributed by atoms with Crippen molar-refractivity contribution in [2.75, 3.05) is 0 Å². The Morgan fingerprint density at radius 3 is 2.00 bits per heavy atom. The van der Waals surface area contributed by atoms with Gasteiger partial charge in [-0.05, 0) is 18.8 Å². The second-order valence-corrected chi connectivity index (χ2v) is 7.71. The third-order valence-electron chi connectivity index (χ3n) is 4.31. The Morgan fingerprint density at radius 1 is 1.23 bits per heavy atom. The van der Waals surface area contributed by atoms with Crippen LogP contribution in [-0.2, 0) is 29.3 Å². The molecule has 1 aliphatic rings. The average Bonchev–Trinajstić information content (AvgIpc) is 2.52. The summed E-state index contributed by atoms with van der Waals surface area (Å²) in [6.45, 7) is 5.62. The fraction of sp³-hybridized carbons (Fsp3) is 0.667. The molecule has 0 aromatic rings. The molecule has 0 saturated heterocycles. The van der Waals surface area contributed by atoms with Gasteiger partial charge in [0.1, 0.15) is 10.7 Å². The van der Waals surface area contributed by atoms with E-state index in [9.17, 15) is 37.8 Å². The van der Waals surface area contributed by atoms with E-state index in [1.54, 1.807) is 6.92 Å². The van der Waals surface area contributed by atoms with Crippen molar-refractivity contribution >= 4 is 39.9 Å². The molecule has 3 unspecified atom stereocenters. The van der Waals surface area contributed by atoms with Crippen LogP contribution in [0.1, 0.15) is 46.5 Å². The monoisotopic (exact) mass is 468 g/mol. The molecule has 3 atom stereocenters. The van der Waals surface area contributed by atoms with Gasteiger partial charge in [0.15, 0.2) is 0 Å². The molecule has 0 bridgehead atoms. The summed E-state index contributed by atoms with van der Waals surface area (Å²) in [7, 11) is -4.90. The summed E-state index contributed by atoms with van der Waals surface area (Å²) in [5.74, 6) is -4.99. The van der Waals surface area contributed by atoms with Gasteiger partial charge in [-0.1, -0.05) is 27.2 Å². The number of carbonyl (C=O) groups excluding carboxylic acids is 3. The largest absolute Gasteiger partial charge is 1.00 e. The first kappa shape index (κ1) is 34.1. The summed E-state index contributed by atoms with van der Waals surface area (Å²) < 4.78 is 28.5. The van der Waals surface area contributed by atoms with Crippen molar-refractivity contribution in [3.05, 3.63) is 0 Å². The Kier molecular flexibility index (Phi) is 16.5. The molecule has 3 N–H and O–H groups in total. The zero-order valence-electron chi connectivity index (χ0n) is 17.5. The number of nitrogens with one attached hydrogen (secondary N) is 1. The number of carboxylic acids is 2. The van der Waals surface area contributed by atoms with Gasteiger partial charge in [0.25, 0.3) is 16.0 Å². The van der Waals surface area contributed by atoms with E-state index >= 15 is 0 Å². The smallest absolute Gasteiger partial charge is 0.846 e. The molecule has 12 nitrogen and oxygen atoms in total. The molecule has 1 aliphatic heterocycles. The zero-order valence-corrected chi connectivity index (χ0v) is 22.3. The van der Waals surface area contributed by atoms with Crippen LogP contribution in [0.2, 0.25) is 0 Å². The van der Waals surface area contributed by atoms with Crippen LogP contribution in [0.15, 0.2) is 4.99 Å². The van der Waals surface area contributed by atoms with Crippen molar-refractivity contribution < 1.29 is 107 Å². The van der Waals surface area contributed by atoms with E-state index in [1.165, 1.54) is 0 Å². The Labute approximate surface area is 218 Å². The maximum absolute atomic E-state index is 11.9. The number of carbonyl (C=O) groups is 4. The quantitative estimate of drug-likeness (QED) is 0.174. The normalized spacial score (nSPS) is 20.1. The van der Waals surface area contributed by atoms with Crippen LogP contribution in [0.3, 0.4) is 0 Å². The van der Waals surface area contributed by atoms with Crippen LogP contribution in [0.25, 0.3) is 0 Å². The molecule has 0 aromatic carbocycles. The number of hydrogen-bond donors (Lipinski definition) is 3. The molecule has 1 rings (SSSR count). The third-order valence-corrected chi connectivity index (χ3v) is 5.39. The maximum Gasteiger partial charge on any atom is 1.00 e. The molecule has 0 aliphatic carbocycles.